The molecule has 3 rings (SSSR count). The van der Waals surface area contributed by atoms with Crippen molar-refractivity contribution in [3.8, 4) is 0 Å². The molecule has 0 spiro atoms. The molecule has 0 N–H and O–H groups in total. The van der Waals surface area contributed by atoms with Crippen LogP contribution in [0.15, 0.2) is 4.90 Å². The number of carbonyl (C=O) groups excluding carboxylic acids is 1. The highest BCUT2D eigenvalue weighted by atomic mass is 32.2. The molecule has 24 heavy (non-hydrogen) atoms. The monoisotopic (exact) mass is 353 g/mol. The molecule has 0 unspecified atom stereocenters. The predicted molar refractivity (Wildman–Crippen MR) is 91.5 cm³/mol. The number of rotatable bonds is 3. The number of hydrogen-bond acceptors (Lipinski definition) is 4. The van der Waals surface area contributed by atoms with Crippen LogP contribution in [0.1, 0.15) is 67.5 Å². The molecule has 1 saturated heterocycles. The molecular weight excluding hydrogens is 326 g/mol. The smallest absolute Gasteiger partial charge is 0.250 e. The molecule has 0 amide bonds. The van der Waals surface area contributed by atoms with Gasteiger partial charge in [-0.1, -0.05) is 25.7 Å². The van der Waals surface area contributed by atoms with Crippen LogP contribution in [0.3, 0.4) is 0 Å². The summed E-state index contributed by atoms with van der Waals surface area (Å²) in [6.45, 7) is 4.51. The van der Waals surface area contributed by atoms with Crippen molar-refractivity contribution in [2.75, 3.05) is 13.1 Å². The van der Waals surface area contributed by atoms with Crippen molar-refractivity contribution in [2.45, 2.75) is 70.1 Å². The van der Waals surface area contributed by atoms with Gasteiger partial charge in [-0.2, -0.15) is 9.40 Å². The van der Waals surface area contributed by atoms with Gasteiger partial charge >= 0.3 is 0 Å². The van der Waals surface area contributed by atoms with E-state index in [1.165, 1.54) is 4.68 Å². The van der Waals surface area contributed by atoms with Crippen LogP contribution in [0.4, 0.5) is 0 Å². The molecule has 0 radical (unpaired) electrons. The van der Waals surface area contributed by atoms with E-state index >= 15 is 0 Å². The maximum absolute atomic E-state index is 13.1. The van der Waals surface area contributed by atoms with E-state index in [0.717, 1.165) is 51.4 Å². The van der Waals surface area contributed by atoms with Gasteiger partial charge in [-0.3, -0.25) is 4.79 Å². The summed E-state index contributed by atoms with van der Waals surface area (Å²) in [4.78, 5) is 12.9. The van der Waals surface area contributed by atoms with Gasteiger partial charge in [-0.05, 0) is 39.5 Å². The molecular formula is C17H27N3O3S. The van der Waals surface area contributed by atoms with E-state index in [1.807, 2.05) is 0 Å². The number of hydrogen-bond donors (Lipinski definition) is 0. The minimum absolute atomic E-state index is 0.0169. The number of carbonyl (C=O) groups is 1. The van der Waals surface area contributed by atoms with E-state index in [4.69, 9.17) is 0 Å². The lowest BCUT2D eigenvalue weighted by molar-refractivity contribution is 0.0817. The van der Waals surface area contributed by atoms with Crippen LogP contribution in [0.5, 0.6) is 0 Å². The fraction of sp³-hybridized carbons (Fsp3) is 0.765. The Balaban J connectivity index is 1.94. The Labute approximate surface area is 144 Å². The standard InChI is InChI=1S/C17H27N3O3S/c1-13-16(24(22,23)19-11-7-3-4-8-12-19)14(2)20(18-13)17(21)15-9-5-6-10-15/h15H,3-12H2,1-2H3. The largest absolute Gasteiger partial charge is 0.272 e. The minimum atomic E-state index is -3.59. The maximum atomic E-state index is 13.1. The molecule has 1 aliphatic carbocycles. The highest BCUT2D eigenvalue weighted by molar-refractivity contribution is 7.89. The molecule has 1 saturated carbocycles. The van der Waals surface area contributed by atoms with Gasteiger partial charge in [0, 0.05) is 19.0 Å². The van der Waals surface area contributed by atoms with Crippen molar-refractivity contribution in [3.05, 3.63) is 11.4 Å². The van der Waals surface area contributed by atoms with E-state index in [-0.39, 0.29) is 16.7 Å². The van der Waals surface area contributed by atoms with Gasteiger partial charge in [0.05, 0.1) is 11.4 Å². The van der Waals surface area contributed by atoms with Crippen LogP contribution in [0.2, 0.25) is 0 Å². The summed E-state index contributed by atoms with van der Waals surface area (Å²) in [5.41, 5.74) is 0.900. The molecule has 2 aliphatic rings. The molecule has 1 aliphatic heterocycles. The fourth-order valence-electron chi connectivity index (χ4n) is 3.97. The second-order valence-electron chi connectivity index (χ2n) is 7.05. The topological polar surface area (TPSA) is 72.3 Å². The predicted octanol–water partition coefficient (Wildman–Crippen LogP) is 2.90. The first-order valence-electron chi connectivity index (χ1n) is 9.03. The Morgan fingerprint density at radius 1 is 1.00 bits per heavy atom. The number of aromatic nitrogens is 2. The first-order valence-corrected chi connectivity index (χ1v) is 10.5. The zero-order valence-corrected chi connectivity index (χ0v) is 15.4. The van der Waals surface area contributed by atoms with Crippen molar-refractivity contribution >= 4 is 15.9 Å². The van der Waals surface area contributed by atoms with Crippen LogP contribution >= 0.6 is 0 Å². The summed E-state index contributed by atoms with van der Waals surface area (Å²) in [5, 5.41) is 4.30. The molecule has 7 heteroatoms. The lowest BCUT2D eigenvalue weighted by Gasteiger charge is -2.20. The lowest BCUT2D eigenvalue weighted by atomic mass is 10.1. The summed E-state index contributed by atoms with van der Waals surface area (Å²) < 4.78 is 29.1. The van der Waals surface area contributed by atoms with Crippen molar-refractivity contribution < 1.29 is 13.2 Å². The van der Waals surface area contributed by atoms with Crippen LogP contribution in [0.25, 0.3) is 0 Å². The van der Waals surface area contributed by atoms with Crippen molar-refractivity contribution in [2.24, 2.45) is 5.92 Å². The van der Waals surface area contributed by atoms with E-state index < -0.39 is 10.0 Å². The number of nitrogens with zero attached hydrogens (tertiary/aromatic N) is 3. The van der Waals surface area contributed by atoms with Crippen molar-refractivity contribution in [1.29, 1.82) is 0 Å². The fourth-order valence-corrected chi connectivity index (χ4v) is 5.84. The van der Waals surface area contributed by atoms with E-state index in [0.29, 0.717) is 24.5 Å². The molecule has 6 nitrogen and oxygen atoms in total. The third kappa shape index (κ3) is 3.16. The SMILES string of the molecule is Cc1nn(C(=O)C2CCCC2)c(C)c1S(=O)(=O)N1CCCCCC1. The maximum Gasteiger partial charge on any atom is 0.250 e. The quantitative estimate of drug-likeness (QED) is 0.837. The van der Waals surface area contributed by atoms with Crippen molar-refractivity contribution in [1.82, 2.24) is 14.1 Å². The van der Waals surface area contributed by atoms with E-state index in [9.17, 15) is 13.2 Å². The summed E-state index contributed by atoms with van der Waals surface area (Å²) >= 11 is 0. The zero-order chi connectivity index (χ0) is 17.3. The highest BCUT2D eigenvalue weighted by Gasteiger charge is 2.34. The van der Waals surface area contributed by atoms with Gasteiger partial charge in [-0.15, -0.1) is 0 Å². The Morgan fingerprint density at radius 3 is 2.17 bits per heavy atom. The third-order valence-electron chi connectivity index (χ3n) is 5.30. The summed E-state index contributed by atoms with van der Waals surface area (Å²) in [6.07, 6.45) is 7.83. The zero-order valence-electron chi connectivity index (χ0n) is 14.6. The first kappa shape index (κ1) is 17.6. The summed E-state index contributed by atoms with van der Waals surface area (Å²) in [5.74, 6) is -0.0674. The molecule has 0 aromatic carbocycles. The molecule has 0 atom stereocenters. The van der Waals surface area contributed by atoms with E-state index in [1.54, 1.807) is 18.2 Å². The van der Waals surface area contributed by atoms with Crippen molar-refractivity contribution in [3.63, 3.8) is 0 Å². The van der Waals surface area contributed by atoms with Gasteiger partial charge in [-0.25, -0.2) is 13.1 Å². The molecule has 134 valence electrons. The second-order valence-corrected chi connectivity index (χ2v) is 8.92. The van der Waals surface area contributed by atoms with Gasteiger partial charge < -0.3 is 0 Å². The Hall–Kier alpha value is -1.21. The minimum Gasteiger partial charge on any atom is -0.272 e. The van der Waals surface area contributed by atoms with E-state index in [2.05, 4.69) is 5.10 Å². The Bertz CT molecular complexity index is 710. The van der Waals surface area contributed by atoms with Crippen LogP contribution in [-0.2, 0) is 10.0 Å². The molecule has 1 aromatic heterocycles. The van der Waals surface area contributed by atoms with Gasteiger partial charge in [0.15, 0.2) is 0 Å². The average Bonchev–Trinajstić information content (AvgIpc) is 3.06. The molecule has 0 bridgehead atoms. The molecule has 1 aromatic rings. The summed E-state index contributed by atoms with van der Waals surface area (Å²) in [7, 11) is -3.59. The van der Waals surface area contributed by atoms with Gasteiger partial charge in [0.2, 0.25) is 15.9 Å². The van der Waals surface area contributed by atoms with Crippen LogP contribution in [0, 0.1) is 19.8 Å². The third-order valence-corrected chi connectivity index (χ3v) is 7.45. The Kier molecular flexibility index (Phi) is 5.11. The van der Waals surface area contributed by atoms with Crippen LogP contribution < -0.4 is 0 Å². The van der Waals surface area contributed by atoms with Gasteiger partial charge in [0.1, 0.15) is 4.90 Å². The normalized spacial score (nSPS) is 21.1. The first-order chi connectivity index (χ1) is 11.4. The summed E-state index contributed by atoms with van der Waals surface area (Å²) in [6, 6.07) is 0. The van der Waals surface area contributed by atoms with Gasteiger partial charge in [0.25, 0.3) is 0 Å². The number of aryl methyl sites for hydroxylation is 1. The molecule has 2 heterocycles. The Morgan fingerprint density at radius 2 is 1.58 bits per heavy atom. The highest BCUT2D eigenvalue weighted by Crippen LogP contribution is 2.30. The second kappa shape index (κ2) is 6.96. The average molecular weight is 353 g/mol. The lowest BCUT2D eigenvalue weighted by Crippen LogP contribution is -2.32. The number of sulfonamides is 1. The van der Waals surface area contributed by atoms with Crippen LogP contribution in [-0.4, -0.2) is 41.5 Å². The molecule has 2 fully saturated rings.